The summed E-state index contributed by atoms with van der Waals surface area (Å²) in [7, 11) is 0. The molecule has 0 fully saturated rings. The minimum absolute atomic E-state index is 0. The molecule has 4 aromatic carbocycles. The molecule has 1 aliphatic heterocycles. The zero-order valence-electron chi connectivity index (χ0n) is 19.9. The smallest absolute Gasteiger partial charge is 0.340 e. The molecule has 0 saturated carbocycles. The maximum atomic E-state index is 4.22. The van der Waals surface area contributed by atoms with E-state index in [1.807, 2.05) is 54.2 Å². The third kappa shape index (κ3) is 4.39. The number of rotatable bonds is 2. The number of benzene rings is 4. The Kier molecular flexibility index (Phi) is 7.06. The van der Waals surface area contributed by atoms with Crippen LogP contribution in [0.3, 0.4) is 0 Å². The van der Waals surface area contributed by atoms with Crippen LogP contribution in [0.2, 0.25) is 0 Å². The Balaban J connectivity index is 0.000000175. The second kappa shape index (κ2) is 10.4. The molecule has 0 saturated heterocycles. The second-order valence-corrected chi connectivity index (χ2v) is 9.72. The van der Waals surface area contributed by atoms with Crippen LogP contribution in [-0.2, 0) is 20.1 Å². The first kappa shape index (κ1) is 24.5. The predicted octanol–water partition coefficient (Wildman–Crippen LogP) is 7.26. The normalized spacial score (nSPS) is 11.5. The molecule has 3 nitrogen and oxygen atoms in total. The molecule has 0 atom stereocenters. The molecule has 0 radical (unpaired) electrons. The molecule has 1 aliphatic rings. The Hall–Kier alpha value is -3.24. The molecule has 5 heteroatoms. The number of imidazole rings is 1. The summed E-state index contributed by atoms with van der Waals surface area (Å²) in [6.07, 6.45) is 5.33. The summed E-state index contributed by atoms with van der Waals surface area (Å²) < 4.78 is 4.40. The monoisotopic (exact) mass is 662 g/mol. The number of nitrogens with zero attached hydrogens (tertiary/aromatic N) is 3. The minimum Gasteiger partial charge on any atom is -0.340 e. The number of hydrogen-bond acceptors (Lipinski definition) is 2. The van der Waals surface area contributed by atoms with Crippen molar-refractivity contribution in [3.63, 3.8) is 0 Å². The maximum Gasteiger partial charge on any atom is 3.00 e. The van der Waals surface area contributed by atoms with E-state index < -0.39 is 0 Å². The van der Waals surface area contributed by atoms with Crippen LogP contribution in [0, 0.1) is 18.5 Å². The zero-order valence-corrected chi connectivity index (χ0v) is 23.1. The van der Waals surface area contributed by atoms with Crippen LogP contribution in [0.25, 0.3) is 38.8 Å². The average molecular weight is 662 g/mol. The van der Waals surface area contributed by atoms with Crippen LogP contribution in [0.1, 0.15) is 19.9 Å². The van der Waals surface area contributed by atoms with Gasteiger partial charge in [0.05, 0.1) is 17.1 Å². The molecule has 0 unspecified atom stereocenters. The van der Waals surface area contributed by atoms with Gasteiger partial charge in [-0.25, -0.2) is 0 Å². The molecule has 0 aliphatic carbocycles. The van der Waals surface area contributed by atoms with Crippen LogP contribution < -0.4 is 4.57 Å². The SMILES string of the molecule is CC(C)n1[c-][n+]2c3c(cccc31)Sc1c-2[c-]cc2ccccc12.[Ir+3].[c-]1ccccc1-c1ccccn1. The van der Waals surface area contributed by atoms with Crippen molar-refractivity contribution in [2.75, 3.05) is 0 Å². The van der Waals surface area contributed by atoms with E-state index in [1.54, 1.807) is 6.20 Å². The molecule has 176 valence electrons. The molecule has 6 aromatic rings. The number of para-hydroxylation sites is 1. The summed E-state index contributed by atoms with van der Waals surface area (Å²) in [6.45, 7) is 4.39. The molecule has 36 heavy (non-hydrogen) atoms. The summed E-state index contributed by atoms with van der Waals surface area (Å²) in [5, 5.41) is 2.52. The van der Waals surface area contributed by atoms with Gasteiger partial charge in [0.15, 0.2) is 0 Å². The molecule has 0 amide bonds. The van der Waals surface area contributed by atoms with Crippen molar-refractivity contribution in [1.82, 2.24) is 9.55 Å². The molecule has 0 spiro atoms. The Labute approximate surface area is 229 Å². The Morgan fingerprint density at radius 2 is 1.72 bits per heavy atom. The molecule has 0 bridgehead atoms. The van der Waals surface area contributed by atoms with Gasteiger partial charge >= 0.3 is 20.1 Å². The topological polar surface area (TPSA) is 21.7 Å². The van der Waals surface area contributed by atoms with E-state index in [1.165, 1.54) is 31.6 Å². The third-order valence-electron chi connectivity index (χ3n) is 6.06. The van der Waals surface area contributed by atoms with Gasteiger partial charge < -0.3 is 14.1 Å². The van der Waals surface area contributed by atoms with Gasteiger partial charge in [-0.3, -0.25) is 0 Å². The average Bonchev–Trinajstić information content (AvgIpc) is 3.32. The number of hydrogen-bond donors (Lipinski definition) is 0. The van der Waals surface area contributed by atoms with E-state index in [4.69, 9.17) is 0 Å². The van der Waals surface area contributed by atoms with Crippen molar-refractivity contribution in [1.29, 1.82) is 0 Å². The number of fused-ring (bicyclic) bond motifs is 4. The van der Waals surface area contributed by atoms with E-state index >= 15 is 0 Å². The van der Waals surface area contributed by atoms with Gasteiger partial charge in [-0.1, -0.05) is 53.4 Å². The van der Waals surface area contributed by atoms with Gasteiger partial charge in [-0.2, -0.15) is 23.9 Å². The largest absolute Gasteiger partial charge is 3.00 e. The maximum absolute atomic E-state index is 4.22. The van der Waals surface area contributed by atoms with Crippen LogP contribution in [0.15, 0.2) is 107 Å². The Bertz CT molecular complexity index is 1610. The predicted molar refractivity (Wildman–Crippen MR) is 142 cm³/mol. The number of pyridine rings is 1. The van der Waals surface area contributed by atoms with Gasteiger partial charge in [0, 0.05) is 6.20 Å². The first-order chi connectivity index (χ1) is 17.2. The van der Waals surface area contributed by atoms with E-state index in [0.29, 0.717) is 6.04 Å². The van der Waals surface area contributed by atoms with Gasteiger partial charge in [0.1, 0.15) is 0 Å². The standard InChI is InChI=1S/C20H15N2S.C11H8N.Ir/c1-13(2)21-12-22-17-11-10-14-6-3-4-7-15(14)20(17)23-18-9-5-8-16(21)19(18)22;1-2-6-10(7-3-1)11-8-4-5-9-12-11;/h3-10,13H,1-2H3;1-6,8-9H;/q2*-1;+3. The zero-order chi connectivity index (χ0) is 23.8. The van der Waals surface area contributed by atoms with E-state index in [0.717, 1.165) is 16.9 Å². The fourth-order valence-corrected chi connectivity index (χ4v) is 5.60. The fourth-order valence-electron chi connectivity index (χ4n) is 4.40. The van der Waals surface area contributed by atoms with Crippen LogP contribution >= 0.6 is 11.8 Å². The van der Waals surface area contributed by atoms with E-state index in [2.05, 4.69) is 95.0 Å². The van der Waals surface area contributed by atoms with Crippen molar-refractivity contribution in [3.05, 3.63) is 116 Å². The molecular formula is C31H23IrN3S+. The first-order valence-electron chi connectivity index (χ1n) is 11.7. The minimum atomic E-state index is 0. The van der Waals surface area contributed by atoms with E-state index in [9.17, 15) is 0 Å². The summed E-state index contributed by atoms with van der Waals surface area (Å²) in [6, 6.07) is 37.8. The molecule has 0 N–H and O–H groups in total. The van der Waals surface area contributed by atoms with Crippen LogP contribution in [0.5, 0.6) is 0 Å². The molecule has 3 heterocycles. The number of aromatic nitrogens is 3. The van der Waals surface area contributed by atoms with Crippen molar-refractivity contribution in [3.8, 4) is 16.9 Å². The van der Waals surface area contributed by atoms with Gasteiger partial charge in [-0.05, 0) is 36.2 Å². The Morgan fingerprint density at radius 1 is 0.889 bits per heavy atom. The van der Waals surface area contributed by atoms with Crippen molar-refractivity contribution < 1.29 is 24.7 Å². The van der Waals surface area contributed by atoms with Crippen LogP contribution in [-0.4, -0.2) is 9.55 Å². The summed E-state index contributed by atoms with van der Waals surface area (Å²) >= 11 is 1.84. The van der Waals surface area contributed by atoms with Crippen LogP contribution in [0.4, 0.5) is 0 Å². The summed E-state index contributed by atoms with van der Waals surface area (Å²) in [4.78, 5) is 6.77. The van der Waals surface area contributed by atoms with Crippen molar-refractivity contribution >= 4 is 33.6 Å². The second-order valence-electron chi connectivity index (χ2n) is 8.67. The van der Waals surface area contributed by atoms with Gasteiger partial charge in [-0.15, -0.1) is 52.7 Å². The van der Waals surface area contributed by atoms with E-state index in [-0.39, 0.29) is 20.1 Å². The molecular weight excluding hydrogens is 639 g/mol. The Morgan fingerprint density at radius 3 is 2.50 bits per heavy atom. The summed E-state index contributed by atoms with van der Waals surface area (Å²) in [5.74, 6) is 0. The fraction of sp³-hybridized carbons (Fsp3) is 0.0968. The summed E-state index contributed by atoms with van der Waals surface area (Å²) in [5.41, 5.74) is 5.59. The van der Waals surface area contributed by atoms with Crippen molar-refractivity contribution in [2.24, 2.45) is 0 Å². The first-order valence-corrected chi connectivity index (χ1v) is 12.5. The molecule has 2 aromatic heterocycles. The quantitative estimate of drug-likeness (QED) is 0.144. The van der Waals surface area contributed by atoms with Gasteiger partial charge in [0.25, 0.3) is 0 Å². The van der Waals surface area contributed by atoms with Crippen molar-refractivity contribution in [2.45, 2.75) is 29.7 Å². The molecule has 7 rings (SSSR count). The third-order valence-corrected chi connectivity index (χ3v) is 7.22. The van der Waals surface area contributed by atoms with Gasteiger partial charge in [0.2, 0.25) is 6.33 Å².